The van der Waals surface area contributed by atoms with Crippen LogP contribution in [-0.2, 0) is 11.3 Å². The number of morpholine rings is 1. The lowest BCUT2D eigenvalue weighted by Gasteiger charge is -2.30. The number of amides is 1. The number of halogens is 1. The fraction of sp³-hybridized carbons (Fsp3) is 0.389. The van der Waals surface area contributed by atoms with Gasteiger partial charge in [0.2, 0.25) is 5.95 Å². The van der Waals surface area contributed by atoms with E-state index in [1.165, 1.54) is 12.1 Å². The number of nitrogens with zero attached hydrogens (tertiary/aromatic N) is 4. The summed E-state index contributed by atoms with van der Waals surface area (Å²) in [6.07, 6.45) is 1.64. The Morgan fingerprint density at radius 2 is 2.08 bits per heavy atom. The third-order valence-corrected chi connectivity index (χ3v) is 4.09. The Bertz CT molecular complexity index is 778. The van der Waals surface area contributed by atoms with Gasteiger partial charge in [-0.05, 0) is 24.3 Å². The van der Waals surface area contributed by atoms with Crippen molar-refractivity contribution in [3.05, 3.63) is 47.5 Å². The number of hydrogen-bond donors (Lipinski definition) is 1. The maximum absolute atomic E-state index is 13.7. The van der Waals surface area contributed by atoms with E-state index in [2.05, 4.69) is 15.3 Å². The molecule has 0 aliphatic carbocycles. The number of nitrogens with one attached hydrogen (secondary N) is 1. The Morgan fingerprint density at radius 3 is 2.81 bits per heavy atom. The lowest BCUT2D eigenvalue weighted by molar-refractivity contribution is 0.0948. The molecule has 26 heavy (non-hydrogen) atoms. The van der Waals surface area contributed by atoms with Crippen molar-refractivity contribution in [1.82, 2.24) is 15.3 Å². The molecule has 1 N–H and O–H groups in total. The van der Waals surface area contributed by atoms with Gasteiger partial charge >= 0.3 is 0 Å². The predicted octanol–water partition coefficient (Wildman–Crippen LogP) is 1.45. The van der Waals surface area contributed by atoms with E-state index in [0.29, 0.717) is 49.2 Å². The fourth-order valence-electron chi connectivity index (χ4n) is 2.73. The van der Waals surface area contributed by atoms with Gasteiger partial charge in [-0.2, -0.15) is 0 Å². The van der Waals surface area contributed by atoms with E-state index in [9.17, 15) is 9.18 Å². The standard InChI is InChI=1S/C18H22FN5O2/c1-23(2)18-20-6-5-14(22-18)12-21-17(25)15-11-13(19)3-4-16(15)24-7-9-26-10-8-24/h3-6,11H,7-10,12H2,1-2H3,(H,21,25). The second kappa shape index (κ2) is 8.09. The molecule has 138 valence electrons. The number of aromatic nitrogens is 2. The Kier molecular flexibility index (Phi) is 5.62. The monoisotopic (exact) mass is 359 g/mol. The van der Waals surface area contributed by atoms with Crippen LogP contribution in [0.5, 0.6) is 0 Å². The van der Waals surface area contributed by atoms with E-state index in [1.807, 2.05) is 19.0 Å². The lowest BCUT2D eigenvalue weighted by atomic mass is 10.1. The first-order valence-corrected chi connectivity index (χ1v) is 8.44. The smallest absolute Gasteiger partial charge is 0.253 e. The highest BCUT2D eigenvalue weighted by Crippen LogP contribution is 2.23. The molecule has 1 aliphatic heterocycles. The van der Waals surface area contributed by atoms with Crippen LogP contribution in [0.1, 0.15) is 16.1 Å². The summed E-state index contributed by atoms with van der Waals surface area (Å²) in [5, 5.41) is 2.82. The van der Waals surface area contributed by atoms with Crippen LogP contribution in [0.3, 0.4) is 0 Å². The van der Waals surface area contributed by atoms with E-state index < -0.39 is 5.82 Å². The number of carbonyl (C=O) groups is 1. The SMILES string of the molecule is CN(C)c1nccc(CNC(=O)c2cc(F)ccc2N2CCOCC2)n1. The van der Waals surface area contributed by atoms with E-state index in [-0.39, 0.29) is 12.5 Å². The molecule has 1 saturated heterocycles. The Morgan fingerprint density at radius 1 is 1.31 bits per heavy atom. The second-order valence-corrected chi connectivity index (χ2v) is 6.19. The lowest BCUT2D eigenvalue weighted by Crippen LogP contribution is -2.38. The summed E-state index contributed by atoms with van der Waals surface area (Å²) in [6.45, 7) is 2.76. The number of rotatable bonds is 5. The molecule has 1 fully saturated rings. The third-order valence-electron chi connectivity index (χ3n) is 4.09. The minimum absolute atomic E-state index is 0.237. The normalized spacial score (nSPS) is 14.2. The fourth-order valence-corrected chi connectivity index (χ4v) is 2.73. The molecule has 0 unspecified atom stereocenters. The van der Waals surface area contributed by atoms with Crippen LogP contribution in [0.25, 0.3) is 0 Å². The molecule has 2 heterocycles. The molecule has 8 heteroatoms. The van der Waals surface area contributed by atoms with Gasteiger partial charge in [-0.15, -0.1) is 0 Å². The molecule has 0 spiro atoms. The maximum Gasteiger partial charge on any atom is 0.253 e. The zero-order chi connectivity index (χ0) is 18.5. The molecular formula is C18H22FN5O2. The molecule has 0 saturated carbocycles. The van der Waals surface area contributed by atoms with Crippen molar-refractivity contribution in [2.24, 2.45) is 0 Å². The quantitative estimate of drug-likeness (QED) is 0.871. The Hall–Kier alpha value is -2.74. The topological polar surface area (TPSA) is 70.6 Å². The molecule has 3 rings (SSSR count). The van der Waals surface area contributed by atoms with Gasteiger partial charge in [-0.25, -0.2) is 14.4 Å². The summed E-state index contributed by atoms with van der Waals surface area (Å²) >= 11 is 0. The molecule has 1 amide bonds. The van der Waals surface area contributed by atoms with Gasteiger partial charge in [0, 0.05) is 39.1 Å². The molecule has 2 aromatic rings. The van der Waals surface area contributed by atoms with Gasteiger partial charge < -0.3 is 19.9 Å². The first kappa shape index (κ1) is 18.1. The summed E-state index contributed by atoms with van der Waals surface area (Å²) in [5.41, 5.74) is 1.71. The average molecular weight is 359 g/mol. The number of carbonyl (C=O) groups excluding carboxylic acids is 1. The molecule has 1 aliphatic rings. The Balaban J connectivity index is 1.75. The number of benzene rings is 1. The van der Waals surface area contributed by atoms with E-state index in [1.54, 1.807) is 23.2 Å². The van der Waals surface area contributed by atoms with Gasteiger partial charge in [0.05, 0.1) is 31.0 Å². The summed E-state index contributed by atoms with van der Waals surface area (Å²) in [4.78, 5) is 25.0. The van der Waals surface area contributed by atoms with Crippen molar-refractivity contribution in [3.8, 4) is 0 Å². The number of ether oxygens (including phenoxy) is 1. The molecule has 7 nitrogen and oxygen atoms in total. The van der Waals surface area contributed by atoms with Gasteiger partial charge in [0.15, 0.2) is 0 Å². The minimum atomic E-state index is -0.441. The number of anilines is 2. The zero-order valence-electron chi connectivity index (χ0n) is 14.9. The van der Waals surface area contributed by atoms with Crippen LogP contribution in [0, 0.1) is 5.82 Å². The zero-order valence-corrected chi connectivity index (χ0v) is 14.9. The molecule has 1 aromatic heterocycles. The highest BCUT2D eigenvalue weighted by atomic mass is 19.1. The summed E-state index contributed by atoms with van der Waals surface area (Å²) in [6, 6.07) is 6.02. The molecule has 0 radical (unpaired) electrons. The van der Waals surface area contributed by atoms with Crippen molar-refractivity contribution in [1.29, 1.82) is 0 Å². The first-order chi connectivity index (χ1) is 12.5. The summed E-state index contributed by atoms with van der Waals surface area (Å²) in [5.74, 6) is -0.211. The maximum atomic E-state index is 13.7. The van der Waals surface area contributed by atoms with Crippen LogP contribution >= 0.6 is 0 Å². The van der Waals surface area contributed by atoms with Crippen LogP contribution in [0.4, 0.5) is 16.0 Å². The van der Waals surface area contributed by atoms with Crippen molar-refractivity contribution in [2.45, 2.75) is 6.54 Å². The van der Waals surface area contributed by atoms with Gasteiger partial charge in [-0.3, -0.25) is 4.79 Å². The first-order valence-electron chi connectivity index (χ1n) is 8.44. The van der Waals surface area contributed by atoms with Crippen molar-refractivity contribution in [3.63, 3.8) is 0 Å². The summed E-state index contributed by atoms with van der Waals surface area (Å²) < 4.78 is 19.1. The Labute approximate surface area is 151 Å². The van der Waals surface area contributed by atoms with Crippen molar-refractivity contribution < 1.29 is 13.9 Å². The highest BCUT2D eigenvalue weighted by molar-refractivity contribution is 5.99. The van der Waals surface area contributed by atoms with Gasteiger partial charge in [-0.1, -0.05) is 0 Å². The van der Waals surface area contributed by atoms with Crippen molar-refractivity contribution >= 4 is 17.5 Å². The molecule has 0 bridgehead atoms. The molecular weight excluding hydrogens is 337 g/mol. The van der Waals surface area contributed by atoms with E-state index in [4.69, 9.17) is 4.74 Å². The van der Waals surface area contributed by atoms with E-state index in [0.717, 1.165) is 0 Å². The average Bonchev–Trinajstić information content (AvgIpc) is 2.67. The second-order valence-electron chi connectivity index (χ2n) is 6.19. The van der Waals surface area contributed by atoms with Gasteiger partial charge in [0.25, 0.3) is 5.91 Å². The van der Waals surface area contributed by atoms with Gasteiger partial charge in [0.1, 0.15) is 5.82 Å². The molecule has 0 atom stereocenters. The minimum Gasteiger partial charge on any atom is -0.378 e. The van der Waals surface area contributed by atoms with Crippen molar-refractivity contribution in [2.75, 3.05) is 50.2 Å². The predicted molar refractivity (Wildman–Crippen MR) is 97.0 cm³/mol. The van der Waals surface area contributed by atoms with Crippen LogP contribution < -0.4 is 15.1 Å². The highest BCUT2D eigenvalue weighted by Gasteiger charge is 2.19. The van der Waals surface area contributed by atoms with Crippen LogP contribution in [0.2, 0.25) is 0 Å². The number of hydrogen-bond acceptors (Lipinski definition) is 6. The van der Waals surface area contributed by atoms with E-state index >= 15 is 0 Å². The third kappa shape index (κ3) is 4.26. The summed E-state index contributed by atoms with van der Waals surface area (Å²) in [7, 11) is 3.69. The largest absolute Gasteiger partial charge is 0.378 e. The van der Waals surface area contributed by atoms with Crippen LogP contribution in [-0.4, -0.2) is 56.3 Å². The van der Waals surface area contributed by atoms with Crippen LogP contribution in [0.15, 0.2) is 30.5 Å². The molecule has 1 aromatic carbocycles.